The number of nitrogens with two attached hydrogens (primary N) is 1. The van der Waals surface area contributed by atoms with Crippen LogP contribution in [-0.4, -0.2) is 55.0 Å². The van der Waals surface area contributed by atoms with Crippen molar-refractivity contribution in [3.63, 3.8) is 0 Å². The van der Waals surface area contributed by atoms with Crippen LogP contribution in [0.3, 0.4) is 0 Å². The average molecular weight is 493 g/mol. The van der Waals surface area contributed by atoms with Gasteiger partial charge in [-0.05, 0) is 36.1 Å². The van der Waals surface area contributed by atoms with Crippen molar-refractivity contribution in [2.45, 2.75) is 38.2 Å². The lowest BCUT2D eigenvalue weighted by Crippen LogP contribution is -2.64. The Balaban J connectivity index is 1.57. The van der Waals surface area contributed by atoms with Gasteiger partial charge in [-0.3, -0.25) is 14.6 Å². The minimum atomic E-state index is -0.742. The van der Waals surface area contributed by atoms with Gasteiger partial charge in [-0.1, -0.05) is 55.8 Å². The number of halogens is 1. The Morgan fingerprint density at radius 1 is 1.08 bits per heavy atom. The number of benzene rings is 2. The number of amides is 2. The third-order valence-corrected chi connectivity index (χ3v) is 6.92. The highest BCUT2D eigenvalue weighted by atomic mass is 19.1. The maximum absolute atomic E-state index is 13.9. The molecule has 0 aliphatic carbocycles. The van der Waals surface area contributed by atoms with Gasteiger partial charge in [-0.2, -0.15) is 0 Å². The first-order valence-corrected chi connectivity index (χ1v) is 12.5. The second-order valence-corrected chi connectivity index (χ2v) is 9.48. The van der Waals surface area contributed by atoms with Crippen LogP contribution in [-0.2, 0) is 26.3 Å². The average Bonchev–Trinajstić information content (AvgIpc) is 3.37. The van der Waals surface area contributed by atoms with Crippen LogP contribution in [0.1, 0.15) is 37.3 Å². The van der Waals surface area contributed by atoms with Gasteiger partial charge in [0.2, 0.25) is 11.8 Å². The number of hydrogen-bond acceptors (Lipinski definition) is 5. The monoisotopic (exact) mass is 492 g/mol. The van der Waals surface area contributed by atoms with Crippen molar-refractivity contribution in [3.05, 3.63) is 71.5 Å². The minimum absolute atomic E-state index is 0.151. The van der Waals surface area contributed by atoms with Crippen molar-refractivity contribution in [3.8, 4) is 0 Å². The molecule has 0 saturated carbocycles. The molecule has 1 unspecified atom stereocenters. The number of unbranched alkanes of at least 4 members (excludes halogenated alkanes) is 1. The van der Waals surface area contributed by atoms with Crippen molar-refractivity contribution in [2.75, 3.05) is 26.2 Å². The van der Waals surface area contributed by atoms with Gasteiger partial charge in [0.25, 0.3) is 0 Å². The molecule has 2 heterocycles. The maximum atomic E-state index is 13.9. The molecule has 2 atom stereocenters. The quantitative estimate of drug-likeness (QED) is 0.459. The lowest BCUT2D eigenvalue weighted by molar-refractivity contribution is -0.178. The number of rotatable bonds is 12. The number of ether oxygens (including phenoxy) is 1. The molecule has 190 valence electrons. The van der Waals surface area contributed by atoms with Crippen molar-refractivity contribution < 1.29 is 18.7 Å². The van der Waals surface area contributed by atoms with Gasteiger partial charge >= 0.3 is 0 Å². The van der Waals surface area contributed by atoms with E-state index < -0.39 is 23.3 Å². The van der Waals surface area contributed by atoms with Crippen LogP contribution in [0.4, 0.5) is 4.39 Å². The smallest absolute Gasteiger partial charge is 0.227 e. The van der Waals surface area contributed by atoms with Crippen molar-refractivity contribution in [1.82, 2.24) is 4.90 Å². The molecule has 2 aromatic carbocycles. The van der Waals surface area contributed by atoms with E-state index in [0.29, 0.717) is 38.5 Å². The summed E-state index contributed by atoms with van der Waals surface area (Å²) in [4.78, 5) is 36.7. The first kappa shape index (κ1) is 25.7. The van der Waals surface area contributed by atoms with E-state index in [-0.39, 0.29) is 18.1 Å². The number of likely N-dealkylation sites (tertiary alicyclic amines) is 1. The lowest BCUT2D eigenvalue weighted by Gasteiger charge is -2.51. The van der Waals surface area contributed by atoms with E-state index in [1.165, 1.54) is 12.1 Å². The second kappa shape index (κ2) is 11.6. The number of carbonyl (C=O) groups is 2. The van der Waals surface area contributed by atoms with Gasteiger partial charge in [0, 0.05) is 19.2 Å². The molecule has 2 aromatic rings. The highest BCUT2D eigenvalue weighted by Gasteiger charge is 2.50. The minimum Gasteiger partial charge on any atom is -0.369 e. The standard InChI is InChI=1S/C28H33FN4O3/c1-2-3-15-36-28(21-9-11-22(29)12-10-21)18-33(19-28)27(35)24(16-20-7-5-4-6-8-20)23(26(30)34)17-25-31-13-14-32-25/h4-13,23-24H,2-3,14-19H2,1H3,(H2,30,34)/t23?,24-/m1/s1. The third kappa shape index (κ3) is 5.87. The van der Waals surface area contributed by atoms with E-state index >= 15 is 0 Å². The number of amidine groups is 1. The highest BCUT2D eigenvalue weighted by Crippen LogP contribution is 2.38. The molecule has 4 rings (SSSR count). The van der Waals surface area contributed by atoms with Gasteiger partial charge < -0.3 is 15.4 Å². The van der Waals surface area contributed by atoms with Crippen LogP contribution < -0.4 is 5.73 Å². The molecular weight excluding hydrogens is 459 g/mol. The molecule has 36 heavy (non-hydrogen) atoms. The summed E-state index contributed by atoms with van der Waals surface area (Å²) in [7, 11) is 0. The fourth-order valence-corrected chi connectivity index (χ4v) is 4.84. The van der Waals surface area contributed by atoms with Gasteiger partial charge in [0.1, 0.15) is 17.3 Å². The van der Waals surface area contributed by atoms with Gasteiger partial charge in [-0.25, -0.2) is 9.38 Å². The fourth-order valence-electron chi connectivity index (χ4n) is 4.84. The molecule has 7 nitrogen and oxygen atoms in total. The molecule has 0 aromatic heterocycles. The fraction of sp³-hybridized carbons (Fsp3) is 0.429. The normalized spacial score (nSPS) is 17.8. The topological polar surface area (TPSA) is 97.3 Å². The summed E-state index contributed by atoms with van der Waals surface area (Å²) in [5.74, 6) is -1.88. The SMILES string of the molecule is CCCCOC1(c2ccc(F)cc2)CN(C(=O)[C@H](Cc2ccccc2)C(CC2=NCC=N2)C(N)=O)C1. The lowest BCUT2D eigenvalue weighted by atomic mass is 9.79. The summed E-state index contributed by atoms with van der Waals surface area (Å²) >= 11 is 0. The zero-order chi connectivity index (χ0) is 25.5. The van der Waals surface area contributed by atoms with E-state index in [0.717, 1.165) is 24.0 Å². The summed E-state index contributed by atoms with van der Waals surface area (Å²) in [5, 5.41) is 0. The first-order chi connectivity index (χ1) is 17.4. The zero-order valence-electron chi connectivity index (χ0n) is 20.6. The van der Waals surface area contributed by atoms with Crippen LogP contribution in [0.15, 0.2) is 64.6 Å². The third-order valence-electron chi connectivity index (χ3n) is 6.92. The number of nitrogens with zero attached hydrogens (tertiary/aromatic N) is 3. The molecule has 1 saturated heterocycles. The Bertz CT molecular complexity index is 1110. The van der Waals surface area contributed by atoms with E-state index in [2.05, 4.69) is 16.9 Å². The Kier molecular flexibility index (Phi) is 8.25. The summed E-state index contributed by atoms with van der Waals surface area (Å²) in [6, 6.07) is 15.9. The maximum Gasteiger partial charge on any atom is 0.227 e. The summed E-state index contributed by atoms with van der Waals surface area (Å²) in [6.45, 7) is 3.76. The van der Waals surface area contributed by atoms with Crippen molar-refractivity contribution >= 4 is 23.9 Å². The molecular formula is C28H33FN4O3. The number of aliphatic imine (C=N–C) groups is 2. The molecule has 0 radical (unpaired) electrons. The van der Waals surface area contributed by atoms with Crippen LogP contribution >= 0.6 is 0 Å². The number of hydrogen-bond donors (Lipinski definition) is 1. The molecule has 8 heteroatoms. The van der Waals surface area contributed by atoms with Crippen LogP contribution in [0.25, 0.3) is 0 Å². The summed E-state index contributed by atoms with van der Waals surface area (Å²) in [5.41, 5.74) is 6.92. The predicted molar refractivity (Wildman–Crippen MR) is 137 cm³/mol. The Hall–Kier alpha value is -3.39. The van der Waals surface area contributed by atoms with E-state index in [9.17, 15) is 14.0 Å². The highest BCUT2D eigenvalue weighted by molar-refractivity contribution is 5.98. The Labute approximate surface area is 211 Å². The van der Waals surface area contributed by atoms with Gasteiger partial charge in [0.05, 0.1) is 31.5 Å². The van der Waals surface area contributed by atoms with Crippen LogP contribution in [0.5, 0.6) is 0 Å². The molecule has 2 aliphatic rings. The van der Waals surface area contributed by atoms with E-state index in [4.69, 9.17) is 10.5 Å². The summed E-state index contributed by atoms with van der Waals surface area (Å²) in [6.07, 6.45) is 4.15. The number of primary amides is 1. The van der Waals surface area contributed by atoms with Crippen molar-refractivity contribution in [2.24, 2.45) is 27.6 Å². The molecule has 0 bridgehead atoms. The van der Waals surface area contributed by atoms with E-state index in [1.54, 1.807) is 23.2 Å². The Morgan fingerprint density at radius 2 is 1.81 bits per heavy atom. The second-order valence-electron chi connectivity index (χ2n) is 9.48. The van der Waals surface area contributed by atoms with E-state index in [1.807, 2.05) is 30.3 Å². The van der Waals surface area contributed by atoms with Gasteiger partial charge in [0.15, 0.2) is 0 Å². The molecule has 2 amide bonds. The molecule has 2 aliphatic heterocycles. The first-order valence-electron chi connectivity index (χ1n) is 12.5. The van der Waals surface area contributed by atoms with Crippen LogP contribution in [0, 0.1) is 17.7 Å². The zero-order valence-corrected chi connectivity index (χ0v) is 20.6. The molecule has 0 spiro atoms. The summed E-state index contributed by atoms with van der Waals surface area (Å²) < 4.78 is 19.9. The number of carbonyl (C=O) groups excluding carboxylic acids is 2. The Morgan fingerprint density at radius 3 is 2.42 bits per heavy atom. The van der Waals surface area contributed by atoms with Crippen LogP contribution in [0.2, 0.25) is 0 Å². The molecule has 2 N–H and O–H groups in total. The largest absolute Gasteiger partial charge is 0.369 e. The predicted octanol–water partition coefficient (Wildman–Crippen LogP) is 3.51. The molecule has 1 fully saturated rings. The van der Waals surface area contributed by atoms with Crippen molar-refractivity contribution in [1.29, 1.82) is 0 Å². The van der Waals surface area contributed by atoms with Gasteiger partial charge in [-0.15, -0.1) is 0 Å².